The highest BCUT2D eigenvalue weighted by Gasteiger charge is 2.25. The second-order valence-electron chi connectivity index (χ2n) is 5.54. The molecule has 1 aliphatic heterocycles. The minimum atomic E-state index is -0.202. The molecule has 0 aliphatic carbocycles. The Balaban J connectivity index is 1.80. The molecule has 0 radical (unpaired) electrons. The molecule has 0 saturated carbocycles. The number of hydrogen-bond donors (Lipinski definition) is 2. The Kier molecular flexibility index (Phi) is 5.22. The van der Waals surface area contributed by atoms with Crippen LogP contribution >= 0.6 is 11.6 Å². The molecule has 3 N–H and O–H groups in total. The molecule has 0 bridgehead atoms. The van der Waals surface area contributed by atoms with Crippen molar-refractivity contribution in [1.82, 2.24) is 4.90 Å². The van der Waals surface area contributed by atoms with E-state index in [0.29, 0.717) is 5.92 Å². The summed E-state index contributed by atoms with van der Waals surface area (Å²) in [5.41, 5.74) is 7.30. The van der Waals surface area contributed by atoms with Crippen LogP contribution in [0.5, 0.6) is 0 Å². The molecule has 0 aromatic heterocycles. The molecule has 1 aromatic rings. The van der Waals surface area contributed by atoms with Crippen molar-refractivity contribution in [3.63, 3.8) is 0 Å². The molecule has 0 spiro atoms. The Hall–Kier alpha value is -0.610. The SMILES string of the molecule is CC(O)C1CCN(CCC(N)c2cccc(Cl)c2)C1. The lowest BCUT2D eigenvalue weighted by atomic mass is 10.0. The molecule has 4 heteroatoms. The van der Waals surface area contributed by atoms with E-state index in [1.807, 2.05) is 31.2 Å². The van der Waals surface area contributed by atoms with E-state index in [4.69, 9.17) is 17.3 Å². The first kappa shape index (κ1) is 14.8. The summed E-state index contributed by atoms with van der Waals surface area (Å²) in [4.78, 5) is 2.39. The third kappa shape index (κ3) is 4.18. The van der Waals surface area contributed by atoms with Crippen LogP contribution in [-0.4, -0.2) is 35.7 Å². The Morgan fingerprint density at radius 2 is 2.32 bits per heavy atom. The Bertz CT molecular complexity index is 411. The topological polar surface area (TPSA) is 49.5 Å². The molecule has 2 rings (SSSR count). The van der Waals surface area contributed by atoms with Gasteiger partial charge >= 0.3 is 0 Å². The summed E-state index contributed by atoms with van der Waals surface area (Å²) < 4.78 is 0. The lowest BCUT2D eigenvalue weighted by Crippen LogP contribution is -2.27. The van der Waals surface area contributed by atoms with E-state index < -0.39 is 0 Å². The van der Waals surface area contributed by atoms with E-state index in [2.05, 4.69) is 4.90 Å². The normalized spacial score (nSPS) is 23.5. The molecule has 1 fully saturated rings. The number of likely N-dealkylation sites (tertiary alicyclic amines) is 1. The van der Waals surface area contributed by atoms with Crippen LogP contribution < -0.4 is 5.73 Å². The minimum Gasteiger partial charge on any atom is -0.393 e. The average molecular weight is 283 g/mol. The minimum absolute atomic E-state index is 0.0318. The van der Waals surface area contributed by atoms with Crippen molar-refractivity contribution in [2.24, 2.45) is 11.7 Å². The fourth-order valence-corrected chi connectivity index (χ4v) is 2.88. The van der Waals surface area contributed by atoms with Crippen LogP contribution in [0.1, 0.15) is 31.4 Å². The average Bonchev–Trinajstić information content (AvgIpc) is 2.85. The molecule has 3 atom stereocenters. The molecule has 106 valence electrons. The fourth-order valence-electron chi connectivity index (χ4n) is 2.69. The summed E-state index contributed by atoms with van der Waals surface area (Å²) in [7, 11) is 0. The number of nitrogens with two attached hydrogens (primary N) is 1. The van der Waals surface area contributed by atoms with Gasteiger partial charge in [-0.25, -0.2) is 0 Å². The number of aliphatic hydroxyl groups excluding tert-OH is 1. The van der Waals surface area contributed by atoms with Crippen LogP contribution in [0.3, 0.4) is 0 Å². The van der Waals surface area contributed by atoms with Crippen molar-refractivity contribution >= 4 is 11.6 Å². The molecule has 1 aromatic carbocycles. The maximum atomic E-state index is 9.59. The van der Waals surface area contributed by atoms with Crippen molar-refractivity contribution in [3.05, 3.63) is 34.9 Å². The van der Waals surface area contributed by atoms with Crippen LogP contribution in [0.2, 0.25) is 5.02 Å². The van der Waals surface area contributed by atoms with Gasteiger partial charge < -0.3 is 15.7 Å². The summed E-state index contributed by atoms with van der Waals surface area (Å²) in [5.74, 6) is 0.419. The predicted octanol–water partition coefficient (Wildman–Crippen LogP) is 2.43. The lowest BCUT2D eigenvalue weighted by molar-refractivity contribution is 0.127. The van der Waals surface area contributed by atoms with Gasteiger partial charge in [0.15, 0.2) is 0 Å². The summed E-state index contributed by atoms with van der Waals surface area (Å²) in [5, 5.41) is 10.3. The van der Waals surface area contributed by atoms with Crippen LogP contribution in [0.15, 0.2) is 24.3 Å². The van der Waals surface area contributed by atoms with Crippen LogP contribution in [0.25, 0.3) is 0 Å². The highest BCUT2D eigenvalue weighted by Crippen LogP contribution is 2.22. The first-order chi connectivity index (χ1) is 9.06. The second kappa shape index (κ2) is 6.71. The number of nitrogens with zero attached hydrogens (tertiary/aromatic N) is 1. The molecule has 19 heavy (non-hydrogen) atoms. The first-order valence-corrected chi connectivity index (χ1v) is 7.35. The van der Waals surface area contributed by atoms with Crippen molar-refractivity contribution in [2.45, 2.75) is 31.9 Å². The zero-order chi connectivity index (χ0) is 13.8. The van der Waals surface area contributed by atoms with E-state index in [1.165, 1.54) is 0 Å². The Morgan fingerprint density at radius 3 is 2.95 bits per heavy atom. The molecular weight excluding hydrogens is 260 g/mol. The number of benzene rings is 1. The lowest BCUT2D eigenvalue weighted by Gasteiger charge is -2.20. The monoisotopic (exact) mass is 282 g/mol. The maximum Gasteiger partial charge on any atom is 0.0552 e. The predicted molar refractivity (Wildman–Crippen MR) is 79.2 cm³/mol. The third-order valence-electron chi connectivity index (χ3n) is 4.02. The van der Waals surface area contributed by atoms with Gasteiger partial charge in [-0.3, -0.25) is 0 Å². The standard InChI is InChI=1S/C15H23ClN2O/c1-11(19)13-5-7-18(10-13)8-6-15(17)12-3-2-4-14(16)9-12/h2-4,9,11,13,15,19H,5-8,10,17H2,1H3. The van der Waals surface area contributed by atoms with Crippen LogP contribution in [0, 0.1) is 5.92 Å². The largest absolute Gasteiger partial charge is 0.393 e. The summed E-state index contributed by atoms with van der Waals surface area (Å²) in [6.45, 7) is 4.92. The number of aliphatic hydroxyl groups is 1. The third-order valence-corrected chi connectivity index (χ3v) is 4.26. The van der Waals surface area contributed by atoms with Gasteiger partial charge in [0.25, 0.3) is 0 Å². The van der Waals surface area contributed by atoms with E-state index in [1.54, 1.807) is 0 Å². The smallest absolute Gasteiger partial charge is 0.0552 e. The quantitative estimate of drug-likeness (QED) is 0.872. The van der Waals surface area contributed by atoms with Gasteiger partial charge in [-0.05, 0) is 56.5 Å². The summed E-state index contributed by atoms with van der Waals surface area (Å²) in [6, 6.07) is 7.81. The molecule has 3 unspecified atom stereocenters. The van der Waals surface area contributed by atoms with Gasteiger partial charge in [0.1, 0.15) is 0 Å². The van der Waals surface area contributed by atoms with Crippen molar-refractivity contribution in [3.8, 4) is 0 Å². The fraction of sp³-hybridized carbons (Fsp3) is 0.600. The van der Waals surface area contributed by atoms with Crippen molar-refractivity contribution in [2.75, 3.05) is 19.6 Å². The molecule has 0 amide bonds. The number of hydrogen-bond acceptors (Lipinski definition) is 3. The van der Waals surface area contributed by atoms with Gasteiger partial charge in [-0.1, -0.05) is 23.7 Å². The number of halogens is 1. The van der Waals surface area contributed by atoms with E-state index in [0.717, 1.165) is 43.1 Å². The molecule has 1 saturated heterocycles. The van der Waals surface area contributed by atoms with Gasteiger partial charge in [0.2, 0.25) is 0 Å². The van der Waals surface area contributed by atoms with Crippen molar-refractivity contribution < 1.29 is 5.11 Å². The van der Waals surface area contributed by atoms with Gasteiger partial charge in [0.05, 0.1) is 6.10 Å². The highest BCUT2D eigenvalue weighted by molar-refractivity contribution is 6.30. The maximum absolute atomic E-state index is 9.59. The molecule has 1 aliphatic rings. The van der Waals surface area contributed by atoms with E-state index in [9.17, 15) is 5.11 Å². The molecular formula is C15H23ClN2O. The van der Waals surface area contributed by atoms with Crippen LogP contribution in [0.4, 0.5) is 0 Å². The number of rotatable bonds is 5. The van der Waals surface area contributed by atoms with Gasteiger partial charge in [-0.15, -0.1) is 0 Å². The highest BCUT2D eigenvalue weighted by atomic mass is 35.5. The van der Waals surface area contributed by atoms with Gasteiger partial charge in [0, 0.05) is 17.6 Å². The Labute approximate surface area is 120 Å². The molecule has 3 nitrogen and oxygen atoms in total. The zero-order valence-electron chi connectivity index (χ0n) is 11.4. The molecule has 1 heterocycles. The summed E-state index contributed by atoms with van der Waals surface area (Å²) in [6.07, 6.45) is 1.81. The van der Waals surface area contributed by atoms with E-state index in [-0.39, 0.29) is 12.1 Å². The zero-order valence-corrected chi connectivity index (χ0v) is 12.2. The van der Waals surface area contributed by atoms with E-state index >= 15 is 0 Å². The second-order valence-corrected chi connectivity index (χ2v) is 5.98. The van der Waals surface area contributed by atoms with Crippen LogP contribution in [-0.2, 0) is 0 Å². The Morgan fingerprint density at radius 1 is 1.53 bits per heavy atom. The summed E-state index contributed by atoms with van der Waals surface area (Å²) >= 11 is 5.98. The van der Waals surface area contributed by atoms with Gasteiger partial charge in [-0.2, -0.15) is 0 Å². The van der Waals surface area contributed by atoms with Crippen molar-refractivity contribution in [1.29, 1.82) is 0 Å². The first-order valence-electron chi connectivity index (χ1n) is 6.97.